The van der Waals surface area contributed by atoms with Crippen molar-refractivity contribution in [1.29, 1.82) is 5.26 Å². The summed E-state index contributed by atoms with van der Waals surface area (Å²) in [5.41, 5.74) is 7.92. The Morgan fingerprint density at radius 1 is 1.18 bits per heavy atom. The van der Waals surface area contributed by atoms with Crippen LogP contribution >= 0.6 is 0 Å². The number of esters is 1. The maximum Gasteiger partial charge on any atom is 0.338 e. The largest absolute Gasteiger partial charge is 0.497 e. The topological polar surface area (TPSA) is 94.6 Å². The highest BCUT2D eigenvalue weighted by molar-refractivity contribution is 5.92. The van der Waals surface area contributed by atoms with Crippen molar-refractivity contribution >= 4 is 5.97 Å². The molecule has 2 aromatic carbocycles. The van der Waals surface area contributed by atoms with E-state index in [2.05, 4.69) is 6.07 Å². The van der Waals surface area contributed by atoms with E-state index < -0.39 is 11.9 Å². The lowest BCUT2D eigenvalue weighted by atomic mass is 9.83. The number of rotatable bonds is 5. The fourth-order valence-electron chi connectivity index (χ4n) is 3.08. The summed E-state index contributed by atoms with van der Waals surface area (Å²) in [5.74, 6) is -0.258. The second-order valence-electron chi connectivity index (χ2n) is 6.23. The van der Waals surface area contributed by atoms with Crippen molar-refractivity contribution in [3.63, 3.8) is 0 Å². The van der Waals surface area contributed by atoms with Gasteiger partial charge in [0.1, 0.15) is 29.8 Å². The Bertz CT molecular complexity index is 970. The minimum atomic E-state index is -0.673. The molecule has 0 saturated carbocycles. The van der Waals surface area contributed by atoms with Gasteiger partial charge < -0.3 is 19.9 Å². The molecule has 6 heteroatoms. The van der Waals surface area contributed by atoms with Gasteiger partial charge in [-0.1, -0.05) is 42.5 Å². The maximum atomic E-state index is 12.9. The standard InChI is InChI=1S/C22H20N2O4/c1-14-19(22(25)27-13-15-6-4-3-5-7-15)20(18(12-23)21(24)28-14)16-8-10-17(26-2)11-9-16/h3-11,20H,13,24H2,1-2H3/t20-/m1/s1. The maximum absolute atomic E-state index is 12.9. The summed E-state index contributed by atoms with van der Waals surface area (Å²) in [6.45, 7) is 1.75. The summed E-state index contributed by atoms with van der Waals surface area (Å²) in [7, 11) is 1.57. The molecule has 3 rings (SSSR count). The molecule has 0 unspecified atom stereocenters. The minimum absolute atomic E-state index is 0.0135. The summed E-state index contributed by atoms with van der Waals surface area (Å²) in [5, 5.41) is 9.62. The Balaban J connectivity index is 1.94. The lowest BCUT2D eigenvalue weighted by molar-refractivity contribution is -0.140. The zero-order valence-electron chi connectivity index (χ0n) is 15.6. The van der Waals surface area contributed by atoms with Crippen LogP contribution in [-0.4, -0.2) is 13.1 Å². The molecule has 0 saturated heterocycles. The van der Waals surface area contributed by atoms with Crippen LogP contribution in [0.5, 0.6) is 5.75 Å². The summed E-state index contributed by atoms with van der Waals surface area (Å²) in [4.78, 5) is 12.9. The molecule has 142 valence electrons. The van der Waals surface area contributed by atoms with E-state index in [4.69, 9.17) is 19.9 Å². The summed E-state index contributed by atoms with van der Waals surface area (Å²) in [6, 6.07) is 18.5. The van der Waals surface area contributed by atoms with E-state index in [1.807, 2.05) is 30.3 Å². The van der Waals surface area contributed by atoms with Gasteiger partial charge >= 0.3 is 5.97 Å². The number of methoxy groups -OCH3 is 1. The van der Waals surface area contributed by atoms with Gasteiger partial charge in [-0.05, 0) is 30.2 Å². The summed E-state index contributed by atoms with van der Waals surface area (Å²) in [6.07, 6.45) is 0. The Kier molecular flexibility index (Phi) is 5.66. The molecule has 1 heterocycles. The molecule has 0 bridgehead atoms. The molecular formula is C22H20N2O4. The van der Waals surface area contributed by atoms with Gasteiger partial charge in [-0.3, -0.25) is 0 Å². The zero-order chi connectivity index (χ0) is 20.1. The van der Waals surface area contributed by atoms with Gasteiger partial charge in [0.25, 0.3) is 0 Å². The lowest BCUT2D eigenvalue weighted by Gasteiger charge is -2.27. The van der Waals surface area contributed by atoms with E-state index in [1.165, 1.54) is 0 Å². The monoisotopic (exact) mass is 376 g/mol. The number of hydrogen-bond donors (Lipinski definition) is 1. The summed E-state index contributed by atoms with van der Waals surface area (Å²) < 4.78 is 16.1. The third kappa shape index (κ3) is 3.84. The zero-order valence-corrected chi connectivity index (χ0v) is 15.6. The van der Waals surface area contributed by atoms with Crippen LogP contribution in [0.3, 0.4) is 0 Å². The molecule has 0 aliphatic carbocycles. The van der Waals surface area contributed by atoms with Crippen molar-refractivity contribution in [2.45, 2.75) is 19.4 Å². The number of nitrogens with zero attached hydrogens (tertiary/aromatic N) is 1. The Morgan fingerprint density at radius 2 is 1.86 bits per heavy atom. The number of hydrogen-bond acceptors (Lipinski definition) is 6. The average Bonchev–Trinajstić information content (AvgIpc) is 2.72. The third-order valence-electron chi connectivity index (χ3n) is 4.49. The second-order valence-corrected chi connectivity index (χ2v) is 6.23. The quantitative estimate of drug-likeness (QED) is 0.803. The molecule has 0 aromatic heterocycles. The van der Waals surface area contributed by atoms with E-state index in [9.17, 15) is 10.1 Å². The first kappa shape index (κ1) is 19.1. The normalized spacial score (nSPS) is 16.2. The van der Waals surface area contributed by atoms with Crippen LogP contribution in [-0.2, 0) is 20.9 Å². The van der Waals surface area contributed by atoms with Crippen molar-refractivity contribution in [3.8, 4) is 11.8 Å². The molecule has 0 fully saturated rings. The van der Waals surface area contributed by atoms with Gasteiger partial charge in [-0.2, -0.15) is 5.26 Å². The van der Waals surface area contributed by atoms with Crippen molar-refractivity contribution in [1.82, 2.24) is 0 Å². The fraction of sp³-hybridized carbons (Fsp3) is 0.182. The highest BCUT2D eigenvalue weighted by atomic mass is 16.5. The lowest BCUT2D eigenvalue weighted by Crippen LogP contribution is -2.25. The number of carbonyl (C=O) groups is 1. The first-order valence-electron chi connectivity index (χ1n) is 8.68. The van der Waals surface area contributed by atoms with E-state index in [1.54, 1.807) is 38.3 Å². The van der Waals surface area contributed by atoms with E-state index in [0.717, 1.165) is 11.1 Å². The molecule has 6 nitrogen and oxygen atoms in total. The van der Waals surface area contributed by atoms with Crippen molar-refractivity contribution < 1.29 is 19.0 Å². The van der Waals surface area contributed by atoms with Crippen molar-refractivity contribution in [3.05, 3.63) is 88.5 Å². The molecule has 28 heavy (non-hydrogen) atoms. The van der Waals surface area contributed by atoms with Gasteiger partial charge in [0.05, 0.1) is 18.6 Å². The molecule has 0 radical (unpaired) electrons. The van der Waals surface area contributed by atoms with Crippen LogP contribution in [0, 0.1) is 11.3 Å². The van der Waals surface area contributed by atoms with Crippen LogP contribution in [0.25, 0.3) is 0 Å². The number of ether oxygens (including phenoxy) is 3. The SMILES string of the molecule is COc1ccc([C@@H]2C(C#N)=C(N)OC(C)=C2C(=O)OCc2ccccc2)cc1. The average molecular weight is 376 g/mol. The van der Waals surface area contributed by atoms with Crippen LogP contribution < -0.4 is 10.5 Å². The van der Waals surface area contributed by atoms with E-state index in [-0.39, 0.29) is 23.6 Å². The molecule has 1 aliphatic heterocycles. The Morgan fingerprint density at radius 3 is 2.46 bits per heavy atom. The van der Waals surface area contributed by atoms with Gasteiger partial charge in [0, 0.05) is 0 Å². The Hall–Kier alpha value is -3.72. The first-order chi connectivity index (χ1) is 13.5. The van der Waals surface area contributed by atoms with Gasteiger partial charge in [0.2, 0.25) is 5.88 Å². The number of allylic oxidation sites excluding steroid dienone is 2. The van der Waals surface area contributed by atoms with Crippen molar-refractivity contribution in [2.24, 2.45) is 5.73 Å². The molecule has 0 spiro atoms. The number of carbonyl (C=O) groups excluding carboxylic acids is 1. The highest BCUT2D eigenvalue weighted by Crippen LogP contribution is 2.40. The first-order valence-corrected chi connectivity index (χ1v) is 8.68. The van der Waals surface area contributed by atoms with E-state index in [0.29, 0.717) is 11.5 Å². The third-order valence-corrected chi connectivity index (χ3v) is 4.49. The molecule has 2 N–H and O–H groups in total. The predicted octanol–water partition coefficient (Wildman–Crippen LogP) is 3.52. The van der Waals surface area contributed by atoms with Crippen molar-refractivity contribution in [2.75, 3.05) is 7.11 Å². The predicted molar refractivity (Wildman–Crippen MR) is 103 cm³/mol. The number of nitrogens with two attached hydrogens (primary N) is 1. The molecular weight excluding hydrogens is 356 g/mol. The second kappa shape index (κ2) is 8.31. The molecule has 2 aromatic rings. The molecule has 0 amide bonds. The minimum Gasteiger partial charge on any atom is -0.497 e. The molecule has 1 aliphatic rings. The van der Waals surface area contributed by atoms with Gasteiger partial charge in [-0.15, -0.1) is 0 Å². The Labute approximate surface area is 163 Å². The number of benzene rings is 2. The van der Waals surface area contributed by atoms with Crippen LogP contribution in [0.4, 0.5) is 0 Å². The summed E-state index contributed by atoms with van der Waals surface area (Å²) >= 11 is 0. The smallest absolute Gasteiger partial charge is 0.338 e. The number of nitriles is 1. The van der Waals surface area contributed by atoms with Crippen LogP contribution in [0.1, 0.15) is 24.0 Å². The van der Waals surface area contributed by atoms with Gasteiger partial charge in [-0.25, -0.2) is 4.79 Å². The van der Waals surface area contributed by atoms with E-state index >= 15 is 0 Å². The molecule has 1 atom stereocenters. The van der Waals surface area contributed by atoms with Gasteiger partial charge in [0.15, 0.2) is 0 Å². The van der Waals surface area contributed by atoms with Crippen LogP contribution in [0.15, 0.2) is 77.4 Å². The highest BCUT2D eigenvalue weighted by Gasteiger charge is 2.36. The fourth-order valence-corrected chi connectivity index (χ4v) is 3.08. The van der Waals surface area contributed by atoms with Crippen LogP contribution in [0.2, 0.25) is 0 Å².